The van der Waals surface area contributed by atoms with Gasteiger partial charge in [0.1, 0.15) is 0 Å². The summed E-state index contributed by atoms with van der Waals surface area (Å²) < 4.78 is 0. The van der Waals surface area contributed by atoms with E-state index in [1.807, 2.05) is 25.8 Å². The smallest absolute Gasteiger partial charge is 0.234 e. The molecule has 0 aliphatic heterocycles. The number of carbonyl (C=O) groups excluding carboxylic acids is 1. The van der Waals surface area contributed by atoms with Gasteiger partial charge in [0, 0.05) is 6.54 Å². The summed E-state index contributed by atoms with van der Waals surface area (Å²) in [5.74, 6) is 0.104. The Kier molecular flexibility index (Phi) is 9.47. The Hall–Kier alpha value is -0.280. The first kappa shape index (κ1) is 13.3. The van der Waals surface area contributed by atoms with E-state index in [0.717, 1.165) is 13.1 Å². The van der Waals surface area contributed by atoms with Crippen LogP contribution in [0.5, 0.6) is 0 Å². The molecule has 0 spiro atoms. The minimum Gasteiger partial charge on any atom is -0.355 e. The van der Waals surface area contributed by atoms with Crippen molar-refractivity contribution < 1.29 is 4.79 Å². The van der Waals surface area contributed by atoms with Crippen molar-refractivity contribution in [2.75, 3.05) is 26.7 Å². The first-order valence-electron chi connectivity index (χ1n) is 3.66. The number of amides is 1. The van der Waals surface area contributed by atoms with Gasteiger partial charge in [0.15, 0.2) is 0 Å². The third-order valence-electron chi connectivity index (χ3n) is 1.33. The molecular formula is C7H17ClN2O. The summed E-state index contributed by atoms with van der Waals surface area (Å²) in [6, 6.07) is 0. The molecule has 0 aromatic heterocycles. The van der Waals surface area contributed by atoms with E-state index in [4.69, 9.17) is 0 Å². The molecule has 0 aromatic carbocycles. The molecule has 4 heteroatoms. The molecule has 0 heterocycles. The lowest BCUT2D eigenvalue weighted by atomic mass is 10.5. The Balaban J connectivity index is 0. The highest BCUT2D eigenvalue weighted by Gasteiger charge is 2.01. The molecule has 0 radical (unpaired) electrons. The summed E-state index contributed by atoms with van der Waals surface area (Å²) in [5.41, 5.74) is 0. The second-order valence-electron chi connectivity index (χ2n) is 2.28. The van der Waals surface area contributed by atoms with Crippen LogP contribution in [-0.4, -0.2) is 37.5 Å². The average Bonchev–Trinajstić information content (AvgIpc) is 1.88. The fraction of sp³-hybridized carbons (Fsp3) is 0.857. The van der Waals surface area contributed by atoms with E-state index in [0.29, 0.717) is 6.54 Å². The van der Waals surface area contributed by atoms with Crippen molar-refractivity contribution in [1.82, 2.24) is 10.2 Å². The van der Waals surface area contributed by atoms with Crippen molar-refractivity contribution in [2.24, 2.45) is 0 Å². The molecule has 0 saturated heterocycles. The molecule has 11 heavy (non-hydrogen) atoms. The molecule has 0 rings (SSSR count). The van der Waals surface area contributed by atoms with Crippen molar-refractivity contribution in [2.45, 2.75) is 13.8 Å². The summed E-state index contributed by atoms with van der Waals surface area (Å²) in [6.45, 7) is 6.08. The Morgan fingerprint density at radius 1 is 1.45 bits per heavy atom. The van der Waals surface area contributed by atoms with Crippen LogP contribution in [0.3, 0.4) is 0 Å². The number of nitrogens with one attached hydrogen (secondary N) is 1. The number of hydrogen-bond donors (Lipinski definition) is 1. The average molecular weight is 181 g/mol. The molecule has 0 aliphatic carbocycles. The van der Waals surface area contributed by atoms with Crippen LogP contribution in [0.4, 0.5) is 0 Å². The summed E-state index contributed by atoms with van der Waals surface area (Å²) in [6.07, 6.45) is 0. The van der Waals surface area contributed by atoms with Crippen LogP contribution >= 0.6 is 12.4 Å². The van der Waals surface area contributed by atoms with Crippen LogP contribution < -0.4 is 5.32 Å². The molecular weight excluding hydrogens is 164 g/mol. The van der Waals surface area contributed by atoms with Gasteiger partial charge in [-0.05, 0) is 20.5 Å². The molecule has 0 aliphatic rings. The van der Waals surface area contributed by atoms with Crippen molar-refractivity contribution >= 4 is 18.3 Å². The number of hydrogen-bond acceptors (Lipinski definition) is 2. The van der Waals surface area contributed by atoms with Crippen LogP contribution in [0.1, 0.15) is 13.8 Å². The van der Waals surface area contributed by atoms with E-state index in [-0.39, 0.29) is 18.3 Å². The third-order valence-corrected chi connectivity index (χ3v) is 1.33. The fourth-order valence-electron chi connectivity index (χ4n) is 0.610. The molecule has 0 aromatic rings. The predicted octanol–water partition coefficient (Wildman–Crippen LogP) is 0.496. The van der Waals surface area contributed by atoms with Crippen LogP contribution in [0.2, 0.25) is 0 Å². The monoisotopic (exact) mass is 180 g/mol. The van der Waals surface area contributed by atoms with Gasteiger partial charge >= 0.3 is 0 Å². The van der Waals surface area contributed by atoms with Crippen molar-refractivity contribution in [3.8, 4) is 0 Å². The van der Waals surface area contributed by atoms with Gasteiger partial charge in [0.05, 0.1) is 6.54 Å². The lowest BCUT2D eigenvalue weighted by Gasteiger charge is -2.12. The van der Waals surface area contributed by atoms with Crippen molar-refractivity contribution in [3.05, 3.63) is 0 Å². The Morgan fingerprint density at radius 2 is 2.00 bits per heavy atom. The number of rotatable bonds is 4. The first-order chi connectivity index (χ1) is 4.70. The Labute approximate surface area is 74.6 Å². The summed E-state index contributed by atoms with van der Waals surface area (Å²) in [7, 11) is 1.93. The minimum atomic E-state index is 0. The van der Waals surface area contributed by atoms with E-state index < -0.39 is 0 Å². The maximum atomic E-state index is 10.9. The SMILES string of the molecule is CCNC(=O)CN(C)CC.Cl. The fourth-order valence-corrected chi connectivity index (χ4v) is 0.610. The molecule has 0 fully saturated rings. The molecule has 0 atom stereocenters. The molecule has 68 valence electrons. The van der Waals surface area contributed by atoms with Crippen LogP contribution in [0.15, 0.2) is 0 Å². The van der Waals surface area contributed by atoms with Gasteiger partial charge in [-0.3, -0.25) is 9.69 Å². The molecule has 0 saturated carbocycles. The van der Waals surface area contributed by atoms with Crippen LogP contribution in [0.25, 0.3) is 0 Å². The van der Waals surface area contributed by atoms with Crippen molar-refractivity contribution in [1.29, 1.82) is 0 Å². The van der Waals surface area contributed by atoms with Gasteiger partial charge in [-0.15, -0.1) is 12.4 Å². The standard InChI is InChI=1S/C7H16N2O.ClH/c1-4-8-7(10)6-9(3)5-2;/h4-6H2,1-3H3,(H,8,10);1H. The predicted molar refractivity (Wildman–Crippen MR) is 49.1 cm³/mol. The molecule has 1 amide bonds. The number of nitrogens with zero attached hydrogens (tertiary/aromatic N) is 1. The number of halogens is 1. The second kappa shape index (κ2) is 7.82. The highest BCUT2D eigenvalue weighted by Crippen LogP contribution is 1.78. The maximum Gasteiger partial charge on any atom is 0.234 e. The van der Waals surface area contributed by atoms with E-state index in [9.17, 15) is 4.79 Å². The number of carbonyl (C=O) groups is 1. The van der Waals surface area contributed by atoms with Gasteiger partial charge in [0.25, 0.3) is 0 Å². The molecule has 0 unspecified atom stereocenters. The molecule has 0 bridgehead atoms. The third kappa shape index (κ3) is 7.62. The Morgan fingerprint density at radius 3 is 2.36 bits per heavy atom. The Bertz CT molecular complexity index is 109. The first-order valence-corrected chi connectivity index (χ1v) is 3.66. The largest absolute Gasteiger partial charge is 0.355 e. The quantitative estimate of drug-likeness (QED) is 0.684. The lowest BCUT2D eigenvalue weighted by Crippen LogP contribution is -2.34. The molecule has 3 nitrogen and oxygen atoms in total. The van der Waals surface area contributed by atoms with Gasteiger partial charge in [0.2, 0.25) is 5.91 Å². The zero-order valence-corrected chi connectivity index (χ0v) is 8.20. The summed E-state index contributed by atoms with van der Waals surface area (Å²) in [4.78, 5) is 12.8. The maximum absolute atomic E-state index is 10.9. The summed E-state index contributed by atoms with van der Waals surface area (Å²) >= 11 is 0. The second-order valence-corrected chi connectivity index (χ2v) is 2.28. The van der Waals surface area contributed by atoms with Gasteiger partial charge in [-0.2, -0.15) is 0 Å². The van der Waals surface area contributed by atoms with E-state index in [1.165, 1.54) is 0 Å². The minimum absolute atomic E-state index is 0. The summed E-state index contributed by atoms with van der Waals surface area (Å²) in [5, 5.41) is 2.73. The number of likely N-dealkylation sites (N-methyl/N-ethyl adjacent to an activating group) is 2. The normalized spacial score (nSPS) is 9.09. The van der Waals surface area contributed by atoms with Gasteiger partial charge in [-0.1, -0.05) is 6.92 Å². The lowest BCUT2D eigenvalue weighted by molar-refractivity contribution is -0.121. The van der Waals surface area contributed by atoms with E-state index in [1.54, 1.807) is 0 Å². The van der Waals surface area contributed by atoms with Crippen LogP contribution in [-0.2, 0) is 4.79 Å². The van der Waals surface area contributed by atoms with Crippen LogP contribution in [0, 0.1) is 0 Å². The zero-order valence-electron chi connectivity index (χ0n) is 7.39. The van der Waals surface area contributed by atoms with Gasteiger partial charge < -0.3 is 5.32 Å². The van der Waals surface area contributed by atoms with E-state index >= 15 is 0 Å². The van der Waals surface area contributed by atoms with E-state index in [2.05, 4.69) is 5.32 Å². The highest BCUT2D eigenvalue weighted by molar-refractivity contribution is 5.85. The topological polar surface area (TPSA) is 32.3 Å². The van der Waals surface area contributed by atoms with Crippen molar-refractivity contribution in [3.63, 3.8) is 0 Å². The zero-order chi connectivity index (χ0) is 7.98. The highest BCUT2D eigenvalue weighted by atomic mass is 35.5. The van der Waals surface area contributed by atoms with Gasteiger partial charge in [-0.25, -0.2) is 0 Å². The molecule has 1 N–H and O–H groups in total.